The summed E-state index contributed by atoms with van der Waals surface area (Å²) >= 11 is 0. The maximum Gasteiger partial charge on any atom is 0.220 e. The number of carbonyl (C=O) groups excluding carboxylic acids is 1. The minimum absolute atomic E-state index is 0.0993. The molecule has 2 rings (SSSR count). The van der Waals surface area contributed by atoms with Crippen molar-refractivity contribution in [2.45, 2.75) is 76.4 Å². The van der Waals surface area contributed by atoms with Crippen LogP contribution in [-0.4, -0.2) is 30.2 Å². The molecule has 5 nitrogen and oxygen atoms in total. The SMILES string of the molecule is C=CCC(CC)[C@]1(C)C[C@]2(CCC[C@@H](CC(=O)NCCN)C2)OO1. The zero-order valence-corrected chi connectivity index (χ0v) is 15.3. The fourth-order valence-electron chi connectivity index (χ4n) is 4.54. The van der Waals surface area contributed by atoms with Crippen LogP contribution in [0.2, 0.25) is 0 Å². The van der Waals surface area contributed by atoms with Gasteiger partial charge in [-0.3, -0.25) is 4.79 Å². The topological polar surface area (TPSA) is 73.6 Å². The third-order valence-corrected chi connectivity index (χ3v) is 5.74. The number of nitrogens with one attached hydrogen (secondary N) is 1. The van der Waals surface area contributed by atoms with E-state index in [1.165, 1.54) is 0 Å². The van der Waals surface area contributed by atoms with Crippen LogP contribution in [0.15, 0.2) is 12.7 Å². The van der Waals surface area contributed by atoms with Gasteiger partial charge in [0.15, 0.2) is 0 Å². The average Bonchev–Trinajstić information content (AvgIpc) is 2.87. The molecule has 1 aliphatic heterocycles. The summed E-state index contributed by atoms with van der Waals surface area (Å²) in [6.07, 6.45) is 9.54. The van der Waals surface area contributed by atoms with Crippen molar-refractivity contribution in [1.29, 1.82) is 0 Å². The van der Waals surface area contributed by atoms with E-state index in [-0.39, 0.29) is 17.1 Å². The van der Waals surface area contributed by atoms with Gasteiger partial charge in [-0.1, -0.05) is 25.8 Å². The minimum Gasteiger partial charge on any atom is -0.355 e. The fraction of sp³-hybridized carbons (Fsp3) is 0.842. The number of amides is 1. The smallest absolute Gasteiger partial charge is 0.220 e. The molecule has 138 valence electrons. The maximum absolute atomic E-state index is 12.0. The molecule has 1 saturated heterocycles. The van der Waals surface area contributed by atoms with E-state index in [1.54, 1.807) is 0 Å². The van der Waals surface area contributed by atoms with E-state index in [4.69, 9.17) is 15.5 Å². The van der Waals surface area contributed by atoms with Gasteiger partial charge in [0.2, 0.25) is 5.91 Å². The lowest BCUT2D eigenvalue weighted by atomic mass is 9.69. The van der Waals surface area contributed by atoms with Gasteiger partial charge in [-0.25, -0.2) is 9.78 Å². The van der Waals surface area contributed by atoms with Crippen LogP contribution in [0.1, 0.15) is 65.2 Å². The van der Waals surface area contributed by atoms with Gasteiger partial charge in [0.25, 0.3) is 0 Å². The average molecular weight is 338 g/mol. The van der Waals surface area contributed by atoms with Gasteiger partial charge in [-0.15, -0.1) is 6.58 Å². The second kappa shape index (κ2) is 8.45. The van der Waals surface area contributed by atoms with Crippen molar-refractivity contribution in [3.63, 3.8) is 0 Å². The lowest BCUT2D eigenvalue weighted by Gasteiger charge is -2.36. The van der Waals surface area contributed by atoms with Crippen LogP contribution in [0, 0.1) is 11.8 Å². The van der Waals surface area contributed by atoms with Crippen molar-refractivity contribution in [3.8, 4) is 0 Å². The molecule has 24 heavy (non-hydrogen) atoms. The Morgan fingerprint density at radius 1 is 1.50 bits per heavy atom. The second-order valence-corrected chi connectivity index (χ2v) is 7.77. The Labute approximate surface area is 146 Å². The summed E-state index contributed by atoms with van der Waals surface area (Å²) in [7, 11) is 0. The zero-order valence-electron chi connectivity index (χ0n) is 15.3. The first-order chi connectivity index (χ1) is 11.5. The zero-order chi connectivity index (χ0) is 17.6. The van der Waals surface area contributed by atoms with Gasteiger partial charge in [0.1, 0.15) is 11.2 Å². The van der Waals surface area contributed by atoms with E-state index in [1.807, 2.05) is 6.08 Å². The molecular formula is C19H34N2O3. The van der Waals surface area contributed by atoms with Crippen molar-refractivity contribution >= 4 is 5.91 Å². The number of nitrogens with two attached hydrogens (primary N) is 1. The highest BCUT2D eigenvalue weighted by Gasteiger charge is 2.53. The molecule has 0 radical (unpaired) electrons. The third-order valence-electron chi connectivity index (χ3n) is 5.74. The van der Waals surface area contributed by atoms with Gasteiger partial charge in [0, 0.05) is 25.9 Å². The van der Waals surface area contributed by atoms with E-state index < -0.39 is 0 Å². The summed E-state index contributed by atoms with van der Waals surface area (Å²) in [6.45, 7) is 9.27. The number of hydrogen-bond donors (Lipinski definition) is 2. The standard InChI is InChI=1S/C19H34N2O3/c1-4-7-16(5-2)18(3)14-19(24-23-18)9-6-8-15(13-19)12-17(22)21-11-10-20/h4,15-16H,1,5-14,20H2,2-3H3,(H,21,22)/t15-,16?,18-,19+/m0/s1. The summed E-state index contributed by atoms with van der Waals surface area (Å²) < 4.78 is 0. The summed E-state index contributed by atoms with van der Waals surface area (Å²) in [5.41, 5.74) is 4.96. The monoisotopic (exact) mass is 338 g/mol. The first-order valence-corrected chi connectivity index (χ1v) is 9.41. The maximum atomic E-state index is 12.0. The number of hydrogen-bond acceptors (Lipinski definition) is 4. The lowest BCUT2D eigenvalue weighted by Crippen LogP contribution is -2.40. The molecule has 0 aromatic carbocycles. The largest absolute Gasteiger partial charge is 0.355 e. The molecule has 0 aromatic heterocycles. The number of allylic oxidation sites excluding steroid dienone is 1. The Balaban J connectivity index is 1.96. The molecule has 2 aliphatic rings. The van der Waals surface area contributed by atoms with E-state index >= 15 is 0 Å². The Morgan fingerprint density at radius 2 is 2.29 bits per heavy atom. The molecule has 1 spiro atoms. The first-order valence-electron chi connectivity index (χ1n) is 9.41. The van der Waals surface area contributed by atoms with Gasteiger partial charge >= 0.3 is 0 Å². The molecule has 5 heteroatoms. The number of carbonyl (C=O) groups is 1. The van der Waals surface area contributed by atoms with Crippen molar-refractivity contribution in [3.05, 3.63) is 12.7 Å². The van der Waals surface area contributed by atoms with Crippen LogP contribution in [0.3, 0.4) is 0 Å². The van der Waals surface area contributed by atoms with Gasteiger partial charge in [0.05, 0.1) is 0 Å². The molecule has 4 atom stereocenters. The van der Waals surface area contributed by atoms with Gasteiger partial charge in [-0.05, 0) is 44.4 Å². The highest BCUT2D eigenvalue weighted by Crippen LogP contribution is 2.50. The Kier molecular flexibility index (Phi) is 6.84. The Morgan fingerprint density at radius 3 is 2.96 bits per heavy atom. The predicted molar refractivity (Wildman–Crippen MR) is 95.2 cm³/mol. The minimum atomic E-state index is -0.257. The molecule has 1 aliphatic carbocycles. The van der Waals surface area contributed by atoms with Crippen LogP contribution >= 0.6 is 0 Å². The van der Waals surface area contributed by atoms with Crippen molar-refractivity contribution in [1.82, 2.24) is 5.32 Å². The summed E-state index contributed by atoms with van der Waals surface area (Å²) in [6, 6.07) is 0. The number of rotatable bonds is 8. The van der Waals surface area contributed by atoms with Gasteiger partial charge in [-0.2, -0.15) is 0 Å². The van der Waals surface area contributed by atoms with Gasteiger partial charge < -0.3 is 11.1 Å². The molecule has 1 heterocycles. The van der Waals surface area contributed by atoms with Crippen LogP contribution in [0.25, 0.3) is 0 Å². The summed E-state index contributed by atoms with van der Waals surface area (Å²) in [5, 5.41) is 2.87. The molecular weight excluding hydrogens is 304 g/mol. The third kappa shape index (κ3) is 4.58. The van der Waals surface area contributed by atoms with Crippen molar-refractivity contribution in [2.75, 3.05) is 13.1 Å². The molecule has 1 unspecified atom stereocenters. The highest BCUT2D eigenvalue weighted by molar-refractivity contribution is 5.76. The summed E-state index contributed by atoms with van der Waals surface area (Å²) in [5.74, 6) is 0.881. The van der Waals surface area contributed by atoms with E-state index in [0.717, 1.165) is 44.9 Å². The fourth-order valence-corrected chi connectivity index (χ4v) is 4.54. The highest BCUT2D eigenvalue weighted by atomic mass is 17.2. The van der Waals surface area contributed by atoms with Crippen LogP contribution in [-0.2, 0) is 14.6 Å². The Bertz CT molecular complexity index is 442. The second-order valence-electron chi connectivity index (χ2n) is 7.77. The van der Waals surface area contributed by atoms with Crippen LogP contribution in [0.5, 0.6) is 0 Å². The van der Waals surface area contributed by atoms with Crippen LogP contribution < -0.4 is 11.1 Å². The Hall–Kier alpha value is -0.910. The van der Waals surface area contributed by atoms with E-state index in [2.05, 4.69) is 25.7 Å². The quantitative estimate of drug-likeness (QED) is 0.527. The first kappa shape index (κ1) is 19.4. The molecule has 0 aromatic rings. The van der Waals surface area contributed by atoms with E-state index in [9.17, 15) is 4.79 Å². The van der Waals surface area contributed by atoms with E-state index in [0.29, 0.717) is 31.3 Å². The molecule has 0 bridgehead atoms. The normalized spacial score (nSPS) is 34.2. The lowest BCUT2D eigenvalue weighted by molar-refractivity contribution is -0.360. The summed E-state index contributed by atoms with van der Waals surface area (Å²) in [4.78, 5) is 23.8. The molecule has 1 amide bonds. The predicted octanol–water partition coefficient (Wildman–Crippen LogP) is 3.09. The van der Waals surface area contributed by atoms with Crippen molar-refractivity contribution < 1.29 is 14.6 Å². The molecule has 1 saturated carbocycles. The molecule has 3 N–H and O–H groups in total. The van der Waals surface area contributed by atoms with Crippen molar-refractivity contribution in [2.24, 2.45) is 17.6 Å². The molecule has 2 fully saturated rings. The van der Waals surface area contributed by atoms with Crippen LogP contribution in [0.4, 0.5) is 0 Å².